The summed E-state index contributed by atoms with van der Waals surface area (Å²) in [6, 6.07) is 0.349. The van der Waals surface area contributed by atoms with Crippen molar-refractivity contribution in [2.24, 2.45) is 0 Å². The number of hydrogen-bond donors (Lipinski definition) is 1. The molecular weight excluding hydrogens is 236 g/mol. The highest BCUT2D eigenvalue weighted by molar-refractivity contribution is 7.98. The molecule has 0 bridgehead atoms. The maximum absolute atomic E-state index is 5.69. The lowest BCUT2D eigenvalue weighted by atomic mass is 10.3. The predicted octanol–water partition coefficient (Wildman–Crippen LogP) is 0.707. The van der Waals surface area contributed by atoms with Gasteiger partial charge in [0.1, 0.15) is 0 Å². The molecule has 0 saturated carbocycles. The molecule has 0 aliphatic carbocycles. The van der Waals surface area contributed by atoms with Crippen LogP contribution in [0, 0.1) is 0 Å². The third-order valence-electron chi connectivity index (χ3n) is 2.41. The molecular formula is C10H20N6S. The zero-order chi connectivity index (χ0) is 13.0. The molecule has 1 unspecified atom stereocenters. The Bertz CT molecular complexity index is 370. The smallest absolute Gasteiger partial charge is 0.231 e. The zero-order valence-corrected chi connectivity index (χ0v) is 11.8. The summed E-state index contributed by atoms with van der Waals surface area (Å²) in [7, 11) is 5.73. The monoisotopic (exact) mass is 256 g/mol. The number of nitrogens with two attached hydrogens (primary N) is 1. The molecule has 1 rings (SSSR count). The van der Waals surface area contributed by atoms with E-state index in [1.165, 1.54) is 0 Å². The van der Waals surface area contributed by atoms with Crippen LogP contribution < -0.4 is 15.5 Å². The first-order chi connectivity index (χ1) is 7.95. The first-order valence-electron chi connectivity index (χ1n) is 5.36. The minimum Gasteiger partial charge on any atom is -0.368 e. The Balaban J connectivity index is 2.96. The van der Waals surface area contributed by atoms with Gasteiger partial charge in [0, 0.05) is 32.9 Å². The normalized spacial score (nSPS) is 12.3. The van der Waals surface area contributed by atoms with E-state index in [4.69, 9.17) is 5.73 Å². The molecule has 1 atom stereocenters. The number of aromatic nitrogens is 3. The van der Waals surface area contributed by atoms with Crippen LogP contribution >= 0.6 is 11.8 Å². The van der Waals surface area contributed by atoms with E-state index in [1.54, 1.807) is 11.8 Å². The van der Waals surface area contributed by atoms with E-state index >= 15 is 0 Å². The van der Waals surface area contributed by atoms with E-state index in [1.807, 2.05) is 30.9 Å². The fraction of sp³-hybridized carbons (Fsp3) is 0.700. The number of nitrogens with zero attached hydrogens (tertiary/aromatic N) is 5. The van der Waals surface area contributed by atoms with Gasteiger partial charge in [0.25, 0.3) is 0 Å². The van der Waals surface area contributed by atoms with Crippen LogP contribution in [0.5, 0.6) is 0 Å². The standard InChI is InChI=1S/C10H20N6S/c1-7(6-17-5)16(4)10-13-8(11)12-9(14-10)15(2)3/h7H,6H2,1-5H3,(H2,11,12,13,14). The first kappa shape index (κ1) is 13.8. The van der Waals surface area contributed by atoms with E-state index in [0.29, 0.717) is 17.9 Å². The highest BCUT2D eigenvalue weighted by atomic mass is 32.2. The van der Waals surface area contributed by atoms with Gasteiger partial charge in [-0.15, -0.1) is 0 Å². The largest absolute Gasteiger partial charge is 0.368 e. The Morgan fingerprint density at radius 2 is 1.76 bits per heavy atom. The molecule has 0 saturated heterocycles. The highest BCUT2D eigenvalue weighted by Crippen LogP contribution is 2.15. The van der Waals surface area contributed by atoms with Gasteiger partial charge in [0.15, 0.2) is 0 Å². The van der Waals surface area contributed by atoms with Crippen molar-refractivity contribution in [2.75, 3.05) is 48.7 Å². The van der Waals surface area contributed by atoms with Crippen molar-refractivity contribution in [1.29, 1.82) is 0 Å². The van der Waals surface area contributed by atoms with Crippen LogP contribution in [-0.2, 0) is 0 Å². The fourth-order valence-corrected chi connectivity index (χ4v) is 1.98. The van der Waals surface area contributed by atoms with Gasteiger partial charge in [-0.1, -0.05) is 0 Å². The second-order valence-electron chi connectivity index (χ2n) is 4.10. The van der Waals surface area contributed by atoms with Gasteiger partial charge in [-0.25, -0.2) is 0 Å². The third kappa shape index (κ3) is 3.62. The Morgan fingerprint density at radius 1 is 1.18 bits per heavy atom. The number of hydrogen-bond acceptors (Lipinski definition) is 7. The topological polar surface area (TPSA) is 71.2 Å². The van der Waals surface area contributed by atoms with Gasteiger partial charge in [-0.3, -0.25) is 0 Å². The molecule has 0 radical (unpaired) electrons. The molecule has 7 heteroatoms. The summed E-state index contributed by atoms with van der Waals surface area (Å²) in [6.45, 7) is 2.13. The van der Waals surface area contributed by atoms with E-state index in [-0.39, 0.29) is 5.95 Å². The summed E-state index contributed by atoms with van der Waals surface area (Å²) in [5, 5.41) is 0. The molecule has 0 aliphatic heterocycles. The lowest BCUT2D eigenvalue weighted by Crippen LogP contribution is -2.33. The zero-order valence-electron chi connectivity index (χ0n) is 11.0. The molecule has 0 aromatic carbocycles. The Kier molecular flexibility index (Phi) is 4.80. The average Bonchev–Trinajstić information content (AvgIpc) is 2.27. The molecule has 96 valence electrons. The summed E-state index contributed by atoms with van der Waals surface area (Å²) in [4.78, 5) is 16.4. The number of thioether (sulfide) groups is 1. The molecule has 0 fully saturated rings. The third-order valence-corrected chi connectivity index (χ3v) is 3.23. The number of anilines is 3. The van der Waals surface area contributed by atoms with Crippen molar-refractivity contribution < 1.29 is 0 Å². The van der Waals surface area contributed by atoms with Gasteiger partial charge in [-0.2, -0.15) is 26.7 Å². The Labute approximate surface area is 107 Å². The van der Waals surface area contributed by atoms with E-state index in [9.17, 15) is 0 Å². The molecule has 6 nitrogen and oxygen atoms in total. The van der Waals surface area contributed by atoms with Crippen molar-refractivity contribution in [2.45, 2.75) is 13.0 Å². The van der Waals surface area contributed by atoms with E-state index < -0.39 is 0 Å². The van der Waals surface area contributed by atoms with Crippen LogP contribution in [0.25, 0.3) is 0 Å². The molecule has 1 aromatic heterocycles. The minimum atomic E-state index is 0.252. The second-order valence-corrected chi connectivity index (χ2v) is 5.01. The SMILES string of the molecule is CSCC(C)N(C)c1nc(N)nc(N(C)C)n1. The second kappa shape index (κ2) is 5.90. The molecule has 0 amide bonds. The van der Waals surface area contributed by atoms with Crippen molar-refractivity contribution in [3.63, 3.8) is 0 Å². The van der Waals surface area contributed by atoms with Gasteiger partial charge in [0.05, 0.1) is 0 Å². The predicted molar refractivity (Wildman–Crippen MR) is 74.8 cm³/mol. The van der Waals surface area contributed by atoms with Crippen LogP contribution in [0.3, 0.4) is 0 Å². The van der Waals surface area contributed by atoms with Crippen LogP contribution in [0.4, 0.5) is 17.8 Å². The van der Waals surface area contributed by atoms with Crippen LogP contribution in [-0.4, -0.2) is 54.1 Å². The van der Waals surface area contributed by atoms with E-state index in [2.05, 4.69) is 28.1 Å². The van der Waals surface area contributed by atoms with Crippen molar-refractivity contribution >= 4 is 29.6 Å². The van der Waals surface area contributed by atoms with Gasteiger partial charge >= 0.3 is 0 Å². The maximum atomic E-state index is 5.69. The van der Waals surface area contributed by atoms with Gasteiger partial charge in [-0.05, 0) is 13.2 Å². The molecule has 2 N–H and O–H groups in total. The highest BCUT2D eigenvalue weighted by Gasteiger charge is 2.14. The fourth-order valence-electron chi connectivity index (χ4n) is 1.28. The quantitative estimate of drug-likeness (QED) is 0.831. The van der Waals surface area contributed by atoms with Crippen LogP contribution in [0.15, 0.2) is 0 Å². The average molecular weight is 256 g/mol. The summed E-state index contributed by atoms with van der Waals surface area (Å²) in [6.07, 6.45) is 2.08. The Morgan fingerprint density at radius 3 is 2.29 bits per heavy atom. The molecule has 1 heterocycles. The molecule has 1 aromatic rings. The van der Waals surface area contributed by atoms with Gasteiger partial charge < -0.3 is 15.5 Å². The summed E-state index contributed by atoms with van der Waals surface area (Å²) < 4.78 is 0. The van der Waals surface area contributed by atoms with Crippen molar-refractivity contribution in [3.8, 4) is 0 Å². The summed E-state index contributed by atoms with van der Waals surface area (Å²) in [5.74, 6) is 2.46. The number of rotatable bonds is 5. The van der Waals surface area contributed by atoms with Gasteiger partial charge in [0.2, 0.25) is 17.8 Å². The lowest BCUT2D eigenvalue weighted by Gasteiger charge is -2.25. The summed E-state index contributed by atoms with van der Waals surface area (Å²) >= 11 is 1.79. The van der Waals surface area contributed by atoms with Crippen LogP contribution in [0.1, 0.15) is 6.92 Å². The Hall–Kier alpha value is -1.24. The summed E-state index contributed by atoms with van der Waals surface area (Å²) in [5.41, 5.74) is 5.69. The minimum absolute atomic E-state index is 0.252. The van der Waals surface area contributed by atoms with Crippen molar-refractivity contribution in [1.82, 2.24) is 15.0 Å². The lowest BCUT2D eigenvalue weighted by molar-refractivity contribution is 0.734. The van der Waals surface area contributed by atoms with Crippen LogP contribution in [0.2, 0.25) is 0 Å². The first-order valence-corrected chi connectivity index (χ1v) is 6.75. The van der Waals surface area contributed by atoms with Crippen molar-refractivity contribution in [3.05, 3.63) is 0 Å². The molecule has 0 spiro atoms. The maximum Gasteiger partial charge on any atom is 0.231 e. The molecule has 0 aliphatic rings. The number of nitrogen functional groups attached to an aromatic ring is 1. The van der Waals surface area contributed by atoms with E-state index in [0.717, 1.165) is 5.75 Å². The molecule has 17 heavy (non-hydrogen) atoms.